The van der Waals surface area contributed by atoms with Gasteiger partial charge in [-0.2, -0.15) is 0 Å². The topological polar surface area (TPSA) is 41.1 Å². The van der Waals surface area contributed by atoms with E-state index in [9.17, 15) is 13.6 Å². The molecule has 0 aromatic heterocycles. The number of fused-ring (bicyclic) bond motifs is 3. The Balaban J connectivity index is 1.79. The number of halogens is 5. The first kappa shape index (κ1) is 21.1. The molecule has 3 atom stereocenters. The minimum atomic E-state index is -2.78. The zero-order chi connectivity index (χ0) is 22.2. The number of hydrogen-bond donors (Lipinski definition) is 2. The van der Waals surface area contributed by atoms with Crippen LogP contribution in [0.3, 0.4) is 0 Å². The molecule has 2 aliphatic heterocycles. The van der Waals surface area contributed by atoms with E-state index in [1.54, 1.807) is 30.3 Å². The highest BCUT2D eigenvalue weighted by Crippen LogP contribution is 2.63. The fourth-order valence-electron chi connectivity index (χ4n) is 6.24. The van der Waals surface area contributed by atoms with Gasteiger partial charge < -0.3 is 10.6 Å². The molecule has 2 aromatic rings. The van der Waals surface area contributed by atoms with Crippen molar-refractivity contribution >= 4 is 34.8 Å². The van der Waals surface area contributed by atoms with Crippen molar-refractivity contribution in [3.8, 4) is 0 Å². The van der Waals surface area contributed by atoms with Gasteiger partial charge >= 0.3 is 0 Å². The van der Waals surface area contributed by atoms with E-state index in [1.807, 2.05) is 6.92 Å². The molecule has 1 saturated heterocycles. The van der Waals surface area contributed by atoms with Gasteiger partial charge in [0.1, 0.15) is 11.2 Å². The number of rotatable bonds is 1. The largest absolute Gasteiger partial charge is 0.325 e. The average molecular weight is 469 g/mol. The zero-order valence-corrected chi connectivity index (χ0v) is 18.3. The summed E-state index contributed by atoms with van der Waals surface area (Å²) in [5.74, 6) is -4.33. The molecular formula is C23H21Cl2F3N2O. The van der Waals surface area contributed by atoms with Crippen LogP contribution in [0.1, 0.15) is 49.7 Å². The molecule has 1 saturated carbocycles. The molecule has 8 heteroatoms. The summed E-state index contributed by atoms with van der Waals surface area (Å²) in [7, 11) is 0. The van der Waals surface area contributed by atoms with E-state index in [-0.39, 0.29) is 42.7 Å². The smallest absolute Gasteiger partial charge is 0.248 e. The lowest BCUT2D eigenvalue weighted by atomic mass is 9.55. The van der Waals surface area contributed by atoms with Crippen molar-refractivity contribution in [1.29, 1.82) is 0 Å². The van der Waals surface area contributed by atoms with Gasteiger partial charge in [0.25, 0.3) is 0 Å². The predicted octanol–water partition coefficient (Wildman–Crippen LogP) is 6.05. The molecule has 164 valence electrons. The van der Waals surface area contributed by atoms with Crippen molar-refractivity contribution in [3.63, 3.8) is 0 Å². The fourth-order valence-corrected chi connectivity index (χ4v) is 6.59. The van der Waals surface area contributed by atoms with Crippen LogP contribution < -0.4 is 10.6 Å². The fraction of sp³-hybridized carbons (Fsp3) is 0.435. The summed E-state index contributed by atoms with van der Waals surface area (Å²) in [6, 6.07) is 9.48. The quantitative estimate of drug-likeness (QED) is 0.534. The van der Waals surface area contributed by atoms with E-state index < -0.39 is 28.6 Å². The molecule has 2 aromatic carbocycles. The van der Waals surface area contributed by atoms with Gasteiger partial charge in [0.15, 0.2) is 0 Å². The normalized spacial score (nSPS) is 30.6. The maximum absolute atomic E-state index is 15.3. The van der Waals surface area contributed by atoms with Crippen LogP contribution in [0.2, 0.25) is 10.0 Å². The van der Waals surface area contributed by atoms with Crippen molar-refractivity contribution in [2.24, 2.45) is 0 Å². The number of alkyl halides is 2. The second kappa shape index (κ2) is 6.87. The minimum absolute atomic E-state index is 0.0364. The number of benzene rings is 2. The van der Waals surface area contributed by atoms with Crippen molar-refractivity contribution < 1.29 is 18.0 Å². The number of amides is 1. The molecule has 3 nitrogen and oxygen atoms in total. The summed E-state index contributed by atoms with van der Waals surface area (Å²) in [4.78, 5) is 13.8. The number of carbonyl (C=O) groups is 1. The number of carbonyl (C=O) groups excluding carboxylic acids is 1. The highest BCUT2D eigenvalue weighted by atomic mass is 35.5. The first-order valence-electron chi connectivity index (χ1n) is 10.3. The second-order valence-electron chi connectivity index (χ2n) is 8.94. The van der Waals surface area contributed by atoms with E-state index in [2.05, 4.69) is 10.6 Å². The van der Waals surface area contributed by atoms with Crippen LogP contribution in [0.5, 0.6) is 0 Å². The molecule has 2 spiro atoms. The highest BCUT2D eigenvalue weighted by molar-refractivity contribution is 6.31. The number of nitrogens with one attached hydrogen (secondary N) is 2. The lowest BCUT2D eigenvalue weighted by Gasteiger charge is -2.48. The summed E-state index contributed by atoms with van der Waals surface area (Å²) in [5.41, 5.74) is -0.712. The van der Waals surface area contributed by atoms with Gasteiger partial charge in [0.05, 0.1) is 5.02 Å². The molecule has 0 radical (unpaired) electrons. The summed E-state index contributed by atoms with van der Waals surface area (Å²) in [6.07, 6.45) is -0.484. The Hall–Kier alpha value is -1.76. The van der Waals surface area contributed by atoms with Crippen molar-refractivity contribution in [1.82, 2.24) is 5.32 Å². The molecule has 1 aliphatic carbocycles. The lowest BCUT2D eigenvalue weighted by molar-refractivity contribution is -0.126. The van der Waals surface area contributed by atoms with Crippen LogP contribution >= 0.6 is 23.2 Å². The average Bonchev–Trinajstić information content (AvgIpc) is 3.13. The third-order valence-electron chi connectivity index (χ3n) is 7.39. The van der Waals surface area contributed by atoms with Gasteiger partial charge in [-0.15, -0.1) is 0 Å². The zero-order valence-electron chi connectivity index (χ0n) is 16.7. The monoisotopic (exact) mass is 468 g/mol. The van der Waals surface area contributed by atoms with Crippen LogP contribution in [0.15, 0.2) is 36.4 Å². The Bertz CT molecular complexity index is 1080. The first-order valence-corrected chi connectivity index (χ1v) is 11.1. The third-order valence-corrected chi connectivity index (χ3v) is 7.92. The summed E-state index contributed by atoms with van der Waals surface area (Å²) < 4.78 is 43.6. The Morgan fingerprint density at radius 3 is 2.48 bits per heavy atom. The molecule has 0 unspecified atom stereocenters. The Morgan fingerprint density at radius 2 is 1.77 bits per heavy atom. The van der Waals surface area contributed by atoms with E-state index in [0.29, 0.717) is 21.8 Å². The summed E-state index contributed by atoms with van der Waals surface area (Å²) >= 11 is 12.3. The molecule has 2 fully saturated rings. The molecule has 1 amide bonds. The molecule has 2 heterocycles. The predicted molar refractivity (Wildman–Crippen MR) is 115 cm³/mol. The molecule has 31 heavy (non-hydrogen) atoms. The van der Waals surface area contributed by atoms with E-state index >= 15 is 4.39 Å². The maximum atomic E-state index is 15.3. The second-order valence-corrected chi connectivity index (χ2v) is 9.79. The Labute approximate surface area is 188 Å². The van der Waals surface area contributed by atoms with Crippen LogP contribution in [-0.4, -0.2) is 23.4 Å². The third kappa shape index (κ3) is 2.81. The van der Waals surface area contributed by atoms with Crippen molar-refractivity contribution in [2.45, 2.75) is 61.4 Å². The summed E-state index contributed by atoms with van der Waals surface area (Å²) in [6.45, 7) is 1.87. The van der Waals surface area contributed by atoms with Crippen molar-refractivity contribution in [3.05, 3.63) is 63.4 Å². The van der Waals surface area contributed by atoms with Gasteiger partial charge in [-0.25, -0.2) is 13.2 Å². The number of anilines is 1. The molecular weight excluding hydrogens is 448 g/mol. The van der Waals surface area contributed by atoms with Gasteiger partial charge in [-0.05, 0) is 49.1 Å². The van der Waals surface area contributed by atoms with Crippen LogP contribution in [0, 0.1) is 5.82 Å². The molecule has 2 N–H and O–H groups in total. The van der Waals surface area contributed by atoms with Crippen LogP contribution in [-0.2, 0) is 10.2 Å². The van der Waals surface area contributed by atoms with Gasteiger partial charge in [0, 0.05) is 41.1 Å². The van der Waals surface area contributed by atoms with Crippen molar-refractivity contribution in [2.75, 3.05) is 5.32 Å². The standard InChI is InChI=1S/C23H21Cl2F3N2O/c1-12-18(14-3-2-4-16(25)19(14)26)23(21(30-12)7-9-22(27,28)10-8-21)15-6-5-13(24)11-17(15)29-20(23)31/h2-6,11-12,18,30H,7-10H2,1H3,(H,29,31)/t12-,18+,23-/m0/s1. The van der Waals surface area contributed by atoms with E-state index in [0.717, 1.165) is 0 Å². The molecule has 5 rings (SSSR count). The van der Waals surface area contributed by atoms with E-state index in [4.69, 9.17) is 23.2 Å². The highest BCUT2D eigenvalue weighted by Gasteiger charge is 2.71. The molecule has 0 bridgehead atoms. The minimum Gasteiger partial charge on any atom is -0.325 e. The number of hydrogen-bond acceptors (Lipinski definition) is 2. The first-order chi connectivity index (χ1) is 14.6. The van der Waals surface area contributed by atoms with Gasteiger partial charge in [-0.3, -0.25) is 4.79 Å². The lowest BCUT2D eigenvalue weighted by Crippen LogP contribution is -2.61. The van der Waals surface area contributed by atoms with Gasteiger partial charge in [0.2, 0.25) is 11.8 Å². The Morgan fingerprint density at radius 1 is 1.06 bits per heavy atom. The maximum Gasteiger partial charge on any atom is 0.248 e. The molecule has 3 aliphatic rings. The SMILES string of the molecule is C[C@@H]1NC2(CCC(F)(F)CC2)[C@]2(C(=O)Nc3cc(Cl)ccc32)[C@H]1c1cccc(Cl)c1F. The Kier molecular flexibility index (Phi) is 4.68. The van der Waals surface area contributed by atoms with Gasteiger partial charge in [-0.1, -0.05) is 41.4 Å². The van der Waals surface area contributed by atoms with Crippen LogP contribution in [0.4, 0.5) is 18.9 Å². The van der Waals surface area contributed by atoms with E-state index in [1.165, 1.54) is 6.07 Å². The summed E-state index contributed by atoms with van der Waals surface area (Å²) in [5, 5.41) is 6.81. The van der Waals surface area contributed by atoms with Crippen LogP contribution in [0.25, 0.3) is 0 Å².